The molecule has 2 fully saturated rings. The van der Waals surface area contributed by atoms with Crippen molar-refractivity contribution in [3.63, 3.8) is 0 Å². The van der Waals surface area contributed by atoms with Crippen LogP contribution in [-0.2, 0) is 4.79 Å². The van der Waals surface area contributed by atoms with Crippen molar-refractivity contribution in [2.75, 3.05) is 37.6 Å². The van der Waals surface area contributed by atoms with Crippen LogP contribution in [0.4, 0.5) is 5.69 Å². The van der Waals surface area contributed by atoms with Crippen LogP contribution < -0.4 is 10.2 Å². The maximum absolute atomic E-state index is 12.6. The van der Waals surface area contributed by atoms with E-state index in [1.165, 1.54) is 29.7 Å². The molecule has 132 valence electrons. The quantitative estimate of drug-likeness (QED) is 0.902. The summed E-state index contributed by atoms with van der Waals surface area (Å²) in [5.74, 6) is 0.903. The van der Waals surface area contributed by atoms with Crippen LogP contribution >= 0.6 is 0 Å². The number of carbonyl (C=O) groups excluding carboxylic acids is 1. The number of aryl methyl sites for hydroxylation is 1. The number of nitrogens with zero attached hydrogens (tertiary/aromatic N) is 2. The molecule has 0 aromatic heterocycles. The van der Waals surface area contributed by atoms with Gasteiger partial charge in [-0.1, -0.05) is 12.1 Å². The zero-order chi connectivity index (χ0) is 17.3. The maximum atomic E-state index is 12.6. The number of amides is 1. The standard InChI is InChI=1S/C20H31N3O/c1-15-6-5-7-18(16(15)2)22-10-12-23(13-11-22)20(3,4)19(24)21-14-17-8-9-17/h5-7,17H,8-14H2,1-4H3,(H,21,24). The molecular weight excluding hydrogens is 298 g/mol. The number of anilines is 1. The summed E-state index contributed by atoms with van der Waals surface area (Å²) in [4.78, 5) is 17.4. The number of hydrogen-bond donors (Lipinski definition) is 1. The van der Waals surface area contributed by atoms with Crippen molar-refractivity contribution in [2.45, 2.75) is 46.1 Å². The van der Waals surface area contributed by atoms with Crippen LogP contribution in [0.1, 0.15) is 37.8 Å². The molecule has 1 N–H and O–H groups in total. The fourth-order valence-corrected chi connectivity index (χ4v) is 3.50. The van der Waals surface area contributed by atoms with Crippen molar-refractivity contribution in [3.8, 4) is 0 Å². The van der Waals surface area contributed by atoms with E-state index in [4.69, 9.17) is 0 Å². The summed E-state index contributed by atoms with van der Waals surface area (Å²) in [6.07, 6.45) is 2.55. The number of nitrogens with one attached hydrogen (secondary N) is 1. The lowest BCUT2D eigenvalue weighted by Gasteiger charge is -2.44. The Morgan fingerprint density at radius 2 is 1.83 bits per heavy atom. The van der Waals surface area contributed by atoms with Crippen molar-refractivity contribution >= 4 is 11.6 Å². The Bertz CT molecular complexity index is 599. The van der Waals surface area contributed by atoms with Crippen LogP contribution in [-0.4, -0.2) is 49.1 Å². The molecular formula is C20H31N3O. The molecule has 0 spiro atoms. The first-order valence-electron chi connectivity index (χ1n) is 9.24. The second-order valence-electron chi connectivity index (χ2n) is 7.91. The fourth-order valence-electron chi connectivity index (χ4n) is 3.50. The number of rotatable bonds is 5. The zero-order valence-corrected chi connectivity index (χ0v) is 15.6. The summed E-state index contributed by atoms with van der Waals surface area (Å²) in [5, 5.41) is 3.15. The Labute approximate surface area is 146 Å². The Morgan fingerprint density at radius 1 is 1.17 bits per heavy atom. The van der Waals surface area contributed by atoms with Crippen LogP contribution in [0.15, 0.2) is 18.2 Å². The average molecular weight is 329 g/mol. The predicted molar refractivity (Wildman–Crippen MR) is 99.5 cm³/mol. The molecule has 0 radical (unpaired) electrons. The van der Waals surface area contributed by atoms with E-state index in [0.717, 1.165) is 38.6 Å². The van der Waals surface area contributed by atoms with E-state index in [2.05, 4.69) is 61.0 Å². The second kappa shape index (κ2) is 6.75. The van der Waals surface area contributed by atoms with Crippen LogP contribution in [0.3, 0.4) is 0 Å². The van der Waals surface area contributed by atoms with Gasteiger partial charge in [0.25, 0.3) is 0 Å². The molecule has 1 saturated carbocycles. The third kappa shape index (κ3) is 3.59. The van der Waals surface area contributed by atoms with Gasteiger partial charge in [-0.2, -0.15) is 0 Å². The lowest BCUT2D eigenvalue weighted by atomic mass is 9.99. The van der Waals surface area contributed by atoms with Crippen molar-refractivity contribution in [3.05, 3.63) is 29.3 Å². The molecule has 1 saturated heterocycles. The molecule has 4 nitrogen and oxygen atoms in total. The van der Waals surface area contributed by atoms with Crippen LogP contribution in [0.25, 0.3) is 0 Å². The minimum atomic E-state index is -0.428. The molecule has 1 heterocycles. The van der Waals surface area contributed by atoms with Crippen molar-refractivity contribution < 1.29 is 4.79 Å². The third-order valence-corrected chi connectivity index (χ3v) is 5.79. The van der Waals surface area contributed by atoms with Gasteiger partial charge in [0.15, 0.2) is 0 Å². The minimum Gasteiger partial charge on any atom is -0.369 e. The molecule has 2 aliphatic rings. The summed E-state index contributed by atoms with van der Waals surface area (Å²) in [5.41, 5.74) is 3.62. The highest BCUT2D eigenvalue weighted by Crippen LogP contribution is 2.28. The average Bonchev–Trinajstić information content (AvgIpc) is 3.39. The van der Waals surface area contributed by atoms with Gasteiger partial charge in [0, 0.05) is 38.4 Å². The summed E-state index contributed by atoms with van der Waals surface area (Å²) >= 11 is 0. The van der Waals surface area contributed by atoms with Crippen molar-refractivity contribution in [2.24, 2.45) is 5.92 Å². The first-order valence-corrected chi connectivity index (χ1v) is 9.24. The lowest BCUT2D eigenvalue weighted by molar-refractivity contribution is -0.132. The van der Waals surface area contributed by atoms with Gasteiger partial charge in [-0.05, 0) is 63.6 Å². The summed E-state index contributed by atoms with van der Waals surface area (Å²) < 4.78 is 0. The van der Waals surface area contributed by atoms with Gasteiger partial charge in [0.05, 0.1) is 5.54 Å². The van der Waals surface area contributed by atoms with E-state index in [0.29, 0.717) is 0 Å². The summed E-state index contributed by atoms with van der Waals surface area (Å²) in [6.45, 7) is 13.1. The van der Waals surface area contributed by atoms with Gasteiger partial charge in [-0.25, -0.2) is 0 Å². The van der Waals surface area contributed by atoms with E-state index >= 15 is 0 Å². The van der Waals surface area contributed by atoms with Gasteiger partial charge in [0.1, 0.15) is 0 Å². The number of carbonyl (C=O) groups is 1. The molecule has 1 aromatic rings. The Kier molecular flexibility index (Phi) is 4.86. The lowest BCUT2D eigenvalue weighted by Crippen LogP contribution is -2.60. The number of benzene rings is 1. The second-order valence-corrected chi connectivity index (χ2v) is 7.91. The van der Waals surface area contributed by atoms with Gasteiger partial charge in [0.2, 0.25) is 5.91 Å². The smallest absolute Gasteiger partial charge is 0.239 e. The van der Waals surface area contributed by atoms with Gasteiger partial charge in [-0.3, -0.25) is 9.69 Å². The van der Waals surface area contributed by atoms with E-state index in [9.17, 15) is 4.79 Å². The maximum Gasteiger partial charge on any atom is 0.239 e. The Balaban J connectivity index is 1.59. The molecule has 1 aliphatic heterocycles. The molecule has 24 heavy (non-hydrogen) atoms. The van der Waals surface area contributed by atoms with E-state index in [1.807, 2.05) is 0 Å². The summed E-state index contributed by atoms with van der Waals surface area (Å²) in [7, 11) is 0. The molecule has 0 unspecified atom stereocenters. The molecule has 1 aliphatic carbocycles. The molecule has 1 aromatic carbocycles. The van der Waals surface area contributed by atoms with Gasteiger partial charge < -0.3 is 10.2 Å². The Morgan fingerprint density at radius 3 is 2.46 bits per heavy atom. The zero-order valence-electron chi connectivity index (χ0n) is 15.6. The third-order valence-electron chi connectivity index (χ3n) is 5.79. The molecule has 4 heteroatoms. The topological polar surface area (TPSA) is 35.6 Å². The monoisotopic (exact) mass is 329 g/mol. The minimum absolute atomic E-state index is 0.176. The van der Waals surface area contributed by atoms with E-state index < -0.39 is 5.54 Å². The van der Waals surface area contributed by atoms with Crippen molar-refractivity contribution in [1.29, 1.82) is 0 Å². The molecule has 3 rings (SSSR count). The normalized spacial score (nSPS) is 19.4. The SMILES string of the molecule is Cc1cccc(N2CCN(C(C)(C)C(=O)NCC3CC3)CC2)c1C. The molecule has 0 bridgehead atoms. The fraction of sp³-hybridized carbons (Fsp3) is 0.650. The largest absolute Gasteiger partial charge is 0.369 e. The molecule has 0 atom stereocenters. The van der Waals surface area contributed by atoms with Crippen molar-refractivity contribution in [1.82, 2.24) is 10.2 Å². The summed E-state index contributed by atoms with van der Waals surface area (Å²) in [6, 6.07) is 6.52. The van der Waals surface area contributed by atoms with Gasteiger partial charge in [-0.15, -0.1) is 0 Å². The first-order chi connectivity index (χ1) is 11.4. The van der Waals surface area contributed by atoms with E-state index in [1.54, 1.807) is 0 Å². The van der Waals surface area contributed by atoms with Crippen LogP contribution in [0.5, 0.6) is 0 Å². The number of hydrogen-bond acceptors (Lipinski definition) is 3. The highest BCUT2D eigenvalue weighted by Gasteiger charge is 2.37. The highest BCUT2D eigenvalue weighted by atomic mass is 16.2. The Hall–Kier alpha value is -1.55. The van der Waals surface area contributed by atoms with Crippen LogP contribution in [0.2, 0.25) is 0 Å². The number of piperazine rings is 1. The van der Waals surface area contributed by atoms with Crippen LogP contribution in [0, 0.1) is 19.8 Å². The first kappa shape index (κ1) is 17.3. The molecule has 1 amide bonds. The van der Waals surface area contributed by atoms with E-state index in [-0.39, 0.29) is 5.91 Å². The predicted octanol–water partition coefficient (Wildman–Crippen LogP) is 2.73. The van der Waals surface area contributed by atoms with Gasteiger partial charge >= 0.3 is 0 Å². The highest BCUT2D eigenvalue weighted by molar-refractivity contribution is 5.85.